The monoisotopic (exact) mass is 225 g/mol. The van der Waals surface area contributed by atoms with Crippen LogP contribution in [0.2, 0.25) is 0 Å². The Kier molecular flexibility index (Phi) is 3.10. The maximum absolute atomic E-state index is 12.0. The first-order valence-corrected chi connectivity index (χ1v) is 6.26. The zero-order valence-corrected chi connectivity index (χ0v) is 10.5. The Labute approximate surface area is 97.8 Å². The van der Waals surface area contributed by atoms with Gasteiger partial charge in [-0.3, -0.25) is 0 Å². The van der Waals surface area contributed by atoms with Gasteiger partial charge < -0.3 is 15.5 Å². The number of hydrogen-bond donors (Lipinski definition) is 2. The lowest BCUT2D eigenvalue weighted by atomic mass is 9.94. The number of fused-ring (bicyclic) bond motifs is 1. The Morgan fingerprint density at radius 1 is 1.38 bits per heavy atom. The molecule has 4 heteroatoms. The van der Waals surface area contributed by atoms with Crippen LogP contribution in [0.25, 0.3) is 0 Å². The van der Waals surface area contributed by atoms with E-state index >= 15 is 0 Å². The quantitative estimate of drug-likeness (QED) is 0.650. The Bertz CT molecular complexity index is 258. The third-order valence-electron chi connectivity index (χ3n) is 3.37. The molecule has 2 aliphatic heterocycles. The molecule has 0 aliphatic carbocycles. The lowest BCUT2D eigenvalue weighted by Crippen LogP contribution is -2.48. The van der Waals surface area contributed by atoms with Crippen LogP contribution in [0.4, 0.5) is 4.79 Å². The second-order valence-corrected chi connectivity index (χ2v) is 6.05. The number of carbonyl (C=O) groups excluding carboxylic acids is 1. The van der Waals surface area contributed by atoms with Crippen LogP contribution in [0.3, 0.4) is 0 Å². The number of rotatable bonds is 0. The summed E-state index contributed by atoms with van der Waals surface area (Å²) in [6.07, 6.45) is 2.51. The normalized spacial score (nSPS) is 30.1. The van der Waals surface area contributed by atoms with Crippen molar-refractivity contribution in [2.45, 2.75) is 45.2 Å². The smallest absolute Gasteiger partial charge is 0.317 e. The van der Waals surface area contributed by atoms with Gasteiger partial charge in [0.15, 0.2) is 0 Å². The van der Waals surface area contributed by atoms with E-state index in [2.05, 4.69) is 10.6 Å². The minimum Gasteiger partial charge on any atom is -0.333 e. The molecule has 2 atom stereocenters. The number of piperidine rings is 1. The van der Waals surface area contributed by atoms with Gasteiger partial charge in [0, 0.05) is 24.7 Å². The number of carbonyl (C=O) groups is 1. The zero-order chi connectivity index (χ0) is 11.8. The van der Waals surface area contributed by atoms with Crippen molar-refractivity contribution in [3.63, 3.8) is 0 Å². The fourth-order valence-corrected chi connectivity index (χ4v) is 2.61. The SMILES string of the molecule is CC(C)(C)NC(=O)N1C[C@@H]2CCCN[C@@H]2C1. The fraction of sp³-hybridized carbons (Fsp3) is 0.917. The molecule has 4 nitrogen and oxygen atoms in total. The first-order chi connectivity index (χ1) is 7.46. The molecular formula is C12H23N3O. The summed E-state index contributed by atoms with van der Waals surface area (Å²) >= 11 is 0. The number of hydrogen-bond acceptors (Lipinski definition) is 2. The second-order valence-electron chi connectivity index (χ2n) is 6.05. The highest BCUT2D eigenvalue weighted by molar-refractivity contribution is 5.75. The van der Waals surface area contributed by atoms with Gasteiger partial charge in [-0.1, -0.05) is 0 Å². The van der Waals surface area contributed by atoms with Crippen LogP contribution in [0, 0.1) is 5.92 Å². The lowest BCUT2D eigenvalue weighted by molar-refractivity contribution is 0.197. The number of likely N-dealkylation sites (tertiary alicyclic amines) is 1. The molecule has 2 fully saturated rings. The Hall–Kier alpha value is -0.770. The van der Waals surface area contributed by atoms with Gasteiger partial charge in [0.2, 0.25) is 0 Å². The summed E-state index contributed by atoms with van der Waals surface area (Å²) in [5, 5.41) is 6.54. The first kappa shape index (κ1) is 11.7. The van der Waals surface area contributed by atoms with Crippen LogP contribution < -0.4 is 10.6 Å². The third-order valence-corrected chi connectivity index (χ3v) is 3.37. The summed E-state index contributed by atoms with van der Waals surface area (Å²) in [6, 6.07) is 0.614. The molecular weight excluding hydrogens is 202 g/mol. The summed E-state index contributed by atoms with van der Waals surface area (Å²) in [6.45, 7) is 8.95. The summed E-state index contributed by atoms with van der Waals surface area (Å²) in [5.74, 6) is 0.666. The van der Waals surface area contributed by atoms with Gasteiger partial charge in [-0.15, -0.1) is 0 Å². The molecule has 0 radical (unpaired) electrons. The standard InChI is InChI=1S/C12H23N3O/c1-12(2,3)14-11(16)15-7-9-5-4-6-13-10(9)8-15/h9-10,13H,4-8H2,1-3H3,(H,14,16)/t9-,10+/m0/s1. The molecule has 0 aromatic rings. The summed E-state index contributed by atoms with van der Waals surface area (Å²) in [4.78, 5) is 13.9. The molecule has 2 aliphatic rings. The minimum absolute atomic E-state index is 0.0868. The second kappa shape index (κ2) is 4.24. The van der Waals surface area contributed by atoms with Crippen LogP contribution in [0.15, 0.2) is 0 Å². The molecule has 0 aromatic heterocycles. The molecule has 0 bridgehead atoms. The zero-order valence-electron chi connectivity index (χ0n) is 10.5. The van der Waals surface area contributed by atoms with E-state index < -0.39 is 0 Å². The number of nitrogens with one attached hydrogen (secondary N) is 2. The van der Waals surface area contributed by atoms with E-state index in [1.807, 2.05) is 25.7 Å². The number of nitrogens with zero attached hydrogens (tertiary/aromatic N) is 1. The number of amides is 2. The van der Waals surface area contributed by atoms with E-state index in [1.54, 1.807) is 0 Å². The summed E-state index contributed by atoms with van der Waals surface area (Å²) in [5.41, 5.74) is -0.141. The summed E-state index contributed by atoms with van der Waals surface area (Å²) in [7, 11) is 0. The maximum atomic E-state index is 12.0. The molecule has 0 saturated carbocycles. The van der Waals surface area contributed by atoms with E-state index in [1.165, 1.54) is 12.8 Å². The minimum atomic E-state index is -0.141. The van der Waals surface area contributed by atoms with E-state index in [-0.39, 0.29) is 11.6 Å². The molecule has 0 unspecified atom stereocenters. The van der Waals surface area contributed by atoms with Gasteiger partial charge >= 0.3 is 6.03 Å². The molecule has 2 saturated heterocycles. The van der Waals surface area contributed by atoms with Crippen molar-refractivity contribution in [1.82, 2.24) is 15.5 Å². The molecule has 0 spiro atoms. The highest BCUT2D eigenvalue weighted by Crippen LogP contribution is 2.24. The van der Waals surface area contributed by atoms with E-state index in [9.17, 15) is 4.79 Å². The lowest BCUT2D eigenvalue weighted by Gasteiger charge is -2.25. The molecule has 2 amide bonds. The Balaban J connectivity index is 1.90. The molecule has 2 heterocycles. The largest absolute Gasteiger partial charge is 0.333 e. The summed E-state index contributed by atoms with van der Waals surface area (Å²) < 4.78 is 0. The average molecular weight is 225 g/mol. The van der Waals surface area contributed by atoms with Crippen molar-refractivity contribution in [3.05, 3.63) is 0 Å². The van der Waals surface area contributed by atoms with Crippen molar-refractivity contribution in [3.8, 4) is 0 Å². The molecule has 0 aromatic carbocycles. The van der Waals surface area contributed by atoms with Crippen LogP contribution in [0.1, 0.15) is 33.6 Å². The van der Waals surface area contributed by atoms with Crippen molar-refractivity contribution in [2.75, 3.05) is 19.6 Å². The predicted molar refractivity (Wildman–Crippen MR) is 64.4 cm³/mol. The topological polar surface area (TPSA) is 44.4 Å². The maximum Gasteiger partial charge on any atom is 0.317 e. The Morgan fingerprint density at radius 3 is 2.75 bits per heavy atom. The van der Waals surface area contributed by atoms with Crippen molar-refractivity contribution >= 4 is 6.03 Å². The van der Waals surface area contributed by atoms with E-state index in [4.69, 9.17) is 0 Å². The molecule has 92 valence electrons. The van der Waals surface area contributed by atoms with Crippen LogP contribution in [0.5, 0.6) is 0 Å². The fourth-order valence-electron chi connectivity index (χ4n) is 2.61. The van der Waals surface area contributed by atoms with E-state index in [0.29, 0.717) is 12.0 Å². The highest BCUT2D eigenvalue weighted by Gasteiger charge is 2.36. The molecule has 2 N–H and O–H groups in total. The van der Waals surface area contributed by atoms with Gasteiger partial charge in [0.05, 0.1) is 0 Å². The number of urea groups is 1. The highest BCUT2D eigenvalue weighted by atomic mass is 16.2. The third kappa shape index (κ3) is 2.67. The average Bonchev–Trinajstić information content (AvgIpc) is 2.58. The predicted octanol–water partition coefficient (Wildman–Crippen LogP) is 1.18. The van der Waals surface area contributed by atoms with Crippen LogP contribution in [-0.2, 0) is 0 Å². The van der Waals surface area contributed by atoms with Gasteiger partial charge in [-0.2, -0.15) is 0 Å². The van der Waals surface area contributed by atoms with Gasteiger partial charge in [0.1, 0.15) is 0 Å². The molecule has 2 rings (SSSR count). The molecule has 16 heavy (non-hydrogen) atoms. The van der Waals surface area contributed by atoms with Gasteiger partial charge in [-0.25, -0.2) is 4.79 Å². The first-order valence-electron chi connectivity index (χ1n) is 6.26. The van der Waals surface area contributed by atoms with Gasteiger partial charge in [0.25, 0.3) is 0 Å². The van der Waals surface area contributed by atoms with Crippen molar-refractivity contribution < 1.29 is 4.79 Å². The van der Waals surface area contributed by atoms with Gasteiger partial charge in [-0.05, 0) is 46.1 Å². The van der Waals surface area contributed by atoms with Crippen LogP contribution >= 0.6 is 0 Å². The van der Waals surface area contributed by atoms with Crippen LogP contribution in [-0.4, -0.2) is 42.1 Å². The Morgan fingerprint density at radius 2 is 2.12 bits per heavy atom. The van der Waals surface area contributed by atoms with Crippen molar-refractivity contribution in [1.29, 1.82) is 0 Å². The van der Waals surface area contributed by atoms with Crippen molar-refractivity contribution in [2.24, 2.45) is 5.92 Å². The van der Waals surface area contributed by atoms with E-state index in [0.717, 1.165) is 19.6 Å².